The predicted molar refractivity (Wildman–Crippen MR) is 53.7 cm³/mol. The molecule has 0 heterocycles. The van der Waals surface area contributed by atoms with Gasteiger partial charge in [0, 0.05) is 0 Å². The normalized spacial score (nSPS) is 19.4. The van der Waals surface area contributed by atoms with Crippen LogP contribution in [0.15, 0.2) is 0 Å². The fraction of sp³-hybridized carbons (Fsp3) is 0.900. The third kappa shape index (κ3) is 2.16. The van der Waals surface area contributed by atoms with Gasteiger partial charge in [0.25, 0.3) is 0 Å². The molecule has 0 saturated heterocycles. The van der Waals surface area contributed by atoms with Crippen molar-refractivity contribution >= 4 is 5.91 Å². The highest BCUT2D eigenvalue weighted by molar-refractivity contribution is 5.87. The molecule has 0 bridgehead atoms. The van der Waals surface area contributed by atoms with Gasteiger partial charge in [-0.1, -0.05) is 13.8 Å². The summed E-state index contributed by atoms with van der Waals surface area (Å²) in [6.07, 6.45) is -3.84. The van der Waals surface area contributed by atoms with E-state index >= 15 is 0 Å². The Balaban J connectivity index is 2.72. The van der Waals surface area contributed by atoms with Crippen molar-refractivity contribution in [3.05, 3.63) is 0 Å². The average Bonchev–Trinajstić information content (AvgIpc) is 2.96. The Morgan fingerprint density at radius 1 is 1.31 bits per heavy atom. The molecule has 94 valence electrons. The Morgan fingerprint density at radius 3 is 2.00 bits per heavy atom. The molecule has 0 unspecified atom stereocenters. The van der Waals surface area contributed by atoms with E-state index in [-0.39, 0.29) is 12.8 Å². The number of hydrogen-bond acceptors (Lipinski definition) is 2. The lowest BCUT2D eigenvalue weighted by molar-refractivity contribution is -0.171. The molecule has 1 saturated carbocycles. The maximum Gasteiger partial charge on any atom is 0.411 e. The number of nitrogens with one attached hydrogen (secondary N) is 1. The number of alkyl halides is 3. The Labute approximate surface area is 92.6 Å². The van der Waals surface area contributed by atoms with Gasteiger partial charge in [0.1, 0.15) is 5.54 Å². The first kappa shape index (κ1) is 13.3. The third-order valence-electron chi connectivity index (χ3n) is 3.36. The van der Waals surface area contributed by atoms with Gasteiger partial charge in [-0.15, -0.1) is 0 Å². The maximum absolute atomic E-state index is 12.6. The smallest absolute Gasteiger partial charge is 0.340 e. The Kier molecular flexibility index (Phi) is 3.24. The van der Waals surface area contributed by atoms with Crippen molar-refractivity contribution in [2.75, 3.05) is 0 Å². The standard InChI is InChI=1S/C10H17F3N2O/c1-3-8(14,4-2)7(16)15-9(5-6-9)10(11,12)13/h3-6,14H2,1-2H3,(H,15,16). The molecule has 6 heteroatoms. The van der Waals surface area contributed by atoms with Crippen LogP contribution < -0.4 is 11.1 Å². The van der Waals surface area contributed by atoms with E-state index in [1.54, 1.807) is 13.8 Å². The summed E-state index contributed by atoms with van der Waals surface area (Å²) >= 11 is 0. The zero-order valence-electron chi connectivity index (χ0n) is 9.45. The lowest BCUT2D eigenvalue weighted by atomic mass is 9.92. The molecule has 0 atom stereocenters. The van der Waals surface area contributed by atoms with Crippen molar-refractivity contribution in [2.24, 2.45) is 5.73 Å². The van der Waals surface area contributed by atoms with Gasteiger partial charge >= 0.3 is 6.18 Å². The predicted octanol–water partition coefficient (Wildman–Crippen LogP) is 1.71. The minimum atomic E-state index is -4.38. The SMILES string of the molecule is CCC(N)(CC)C(=O)NC1(C(F)(F)F)CC1. The summed E-state index contributed by atoms with van der Waals surface area (Å²) in [6.45, 7) is 3.38. The number of nitrogens with two attached hydrogens (primary N) is 1. The Hall–Kier alpha value is -0.780. The minimum absolute atomic E-state index is 0.0499. The number of hydrogen-bond donors (Lipinski definition) is 2. The molecule has 0 aromatic carbocycles. The highest BCUT2D eigenvalue weighted by Gasteiger charge is 2.64. The summed E-state index contributed by atoms with van der Waals surface area (Å²) in [5.74, 6) is -0.702. The third-order valence-corrected chi connectivity index (χ3v) is 3.36. The van der Waals surface area contributed by atoms with E-state index in [0.717, 1.165) is 0 Å². The topological polar surface area (TPSA) is 55.1 Å². The maximum atomic E-state index is 12.6. The fourth-order valence-corrected chi connectivity index (χ4v) is 1.52. The summed E-state index contributed by atoms with van der Waals surface area (Å²) in [7, 11) is 0. The summed E-state index contributed by atoms with van der Waals surface area (Å²) in [4.78, 5) is 11.7. The number of carbonyl (C=O) groups excluding carboxylic acids is 1. The molecular weight excluding hydrogens is 221 g/mol. The number of carbonyl (C=O) groups is 1. The van der Waals surface area contributed by atoms with Crippen molar-refractivity contribution in [3.63, 3.8) is 0 Å². The van der Waals surface area contributed by atoms with Crippen LogP contribution in [0.5, 0.6) is 0 Å². The number of halogens is 3. The second-order valence-electron chi connectivity index (χ2n) is 4.40. The first-order valence-corrected chi connectivity index (χ1v) is 5.39. The minimum Gasteiger partial charge on any atom is -0.340 e. The van der Waals surface area contributed by atoms with Crippen LogP contribution in [0.25, 0.3) is 0 Å². The van der Waals surface area contributed by atoms with Gasteiger partial charge in [-0.05, 0) is 25.7 Å². The molecule has 0 aromatic rings. The summed E-state index contributed by atoms with van der Waals surface area (Å²) in [6, 6.07) is 0. The molecule has 1 aliphatic carbocycles. The zero-order valence-corrected chi connectivity index (χ0v) is 9.45. The van der Waals surface area contributed by atoms with E-state index in [0.29, 0.717) is 12.8 Å². The molecule has 16 heavy (non-hydrogen) atoms. The van der Waals surface area contributed by atoms with Crippen LogP contribution in [-0.4, -0.2) is 23.2 Å². The second kappa shape index (κ2) is 3.91. The highest BCUT2D eigenvalue weighted by atomic mass is 19.4. The lowest BCUT2D eigenvalue weighted by Gasteiger charge is -2.29. The van der Waals surface area contributed by atoms with E-state index in [1.807, 2.05) is 0 Å². The van der Waals surface area contributed by atoms with Crippen molar-refractivity contribution in [3.8, 4) is 0 Å². The van der Waals surface area contributed by atoms with Crippen LogP contribution in [0.1, 0.15) is 39.5 Å². The first-order valence-electron chi connectivity index (χ1n) is 5.39. The summed E-state index contributed by atoms with van der Waals surface area (Å²) in [5, 5.41) is 2.06. The van der Waals surface area contributed by atoms with Gasteiger partial charge in [0.2, 0.25) is 5.91 Å². The Bertz CT molecular complexity index is 280. The molecule has 1 aliphatic rings. The van der Waals surface area contributed by atoms with Crippen LogP contribution in [0.4, 0.5) is 13.2 Å². The molecule has 1 fully saturated rings. The quantitative estimate of drug-likeness (QED) is 0.783. The molecule has 1 rings (SSSR count). The van der Waals surface area contributed by atoms with Crippen LogP contribution in [-0.2, 0) is 4.79 Å². The average molecular weight is 238 g/mol. The highest BCUT2D eigenvalue weighted by Crippen LogP contribution is 2.49. The van der Waals surface area contributed by atoms with Crippen LogP contribution in [0.2, 0.25) is 0 Å². The fourth-order valence-electron chi connectivity index (χ4n) is 1.52. The lowest BCUT2D eigenvalue weighted by Crippen LogP contribution is -2.59. The molecule has 3 N–H and O–H groups in total. The van der Waals surface area contributed by atoms with Gasteiger partial charge < -0.3 is 11.1 Å². The van der Waals surface area contributed by atoms with Crippen LogP contribution in [0, 0.1) is 0 Å². The van der Waals surface area contributed by atoms with E-state index in [1.165, 1.54) is 0 Å². The van der Waals surface area contributed by atoms with E-state index in [4.69, 9.17) is 5.73 Å². The van der Waals surface area contributed by atoms with Gasteiger partial charge in [0.15, 0.2) is 0 Å². The summed E-state index contributed by atoms with van der Waals surface area (Å²) < 4.78 is 37.8. The van der Waals surface area contributed by atoms with E-state index in [9.17, 15) is 18.0 Å². The van der Waals surface area contributed by atoms with Crippen LogP contribution in [0.3, 0.4) is 0 Å². The zero-order chi connectivity index (χ0) is 12.6. The number of amides is 1. The number of rotatable bonds is 4. The molecule has 0 aliphatic heterocycles. The Morgan fingerprint density at radius 2 is 1.75 bits per heavy atom. The first-order chi connectivity index (χ1) is 7.21. The van der Waals surface area contributed by atoms with E-state index in [2.05, 4.69) is 5.32 Å². The van der Waals surface area contributed by atoms with Gasteiger partial charge in [-0.3, -0.25) is 4.79 Å². The van der Waals surface area contributed by atoms with Gasteiger partial charge in [-0.2, -0.15) is 13.2 Å². The largest absolute Gasteiger partial charge is 0.411 e. The second-order valence-corrected chi connectivity index (χ2v) is 4.40. The van der Waals surface area contributed by atoms with E-state index < -0.39 is 23.2 Å². The molecular formula is C10H17F3N2O. The van der Waals surface area contributed by atoms with Crippen molar-refractivity contribution < 1.29 is 18.0 Å². The molecule has 1 amide bonds. The monoisotopic (exact) mass is 238 g/mol. The van der Waals surface area contributed by atoms with Crippen molar-refractivity contribution in [2.45, 2.75) is 56.8 Å². The molecule has 0 radical (unpaired) electrons. The molecule has 3 nitrogen and oxygen atoms in total. The van der Waals surface area contributed by atoms with Gasteiger partial charge in [0.05, 0.1) is 5.54 Å². The molecule has 0 aromatic heterocycles. The van der Waals surface area contributed by atoms with Gasteiger partial charge in [-0.25, -0.2) is 0 Å². The van der Waals surface area contributed by atoms with Crippen molar-refractivity contribution in [1.82, 2.24) is 5.32 Å². The van der Waals surface area contributed by atoms with Crippen LogP contribution >= 0.6 is 0 Å². The van der Waals surface area contributed by atoms with Crippen molar-refractivity contribution in [1.29, 1.82) is 0 Å². The summed E-state index contributed by atoms with van der Waals surface area (Å²) in [5.41, 5.74) is 2.53. The molecule has 0 spiro atoms.